The third-order valence-corrected chi connectivity index (χ3v) is 2.25. The predicted octanol–water partition coefficient (Wildman–Crippen LogP) is 2.18. The van der Waals surface area contributed by atoms with Crippen LogP contribution in [-0.2, 0) is 9.53 Å². The Morgan fingerprint density at radius 2 is 2.00 bits per heavy atom. The molecule has 1 aromatic rings. The molecule has 0 amide bonds. The zero-order chi connectivity index (χ0) is 12.3. The Bertz CT molecular complexity index is 389. The Balaban J connectivity index is 2.99. The lowest BCUT2D eigenvalue weighted by molar-refractivity contribution is -0.141. The number of halogens is 3. The predicted molar refractivity (Wildman–Crippen MR) is 54.9 cm³/mol. The number of methoxy groups -OCH3 is 1. The first-order valence-corrected chi connectivity index (χ1v) is 4.80. The Labute approximate surface area is 96.1 Å². The topological polar surface area (TPSA) is 52.3 Å². The van der Waals surface area contributed by atoms with Gasteiger partial charge >= 0.3 is 5.97 Å². The Kier molecular flexibility index (Phi) is 4.20. The van der Waals surface area contributed by atoms with Crippen molar-refractivity contribution in [1.82, 2.24) is 0 Å². The fourth-order valence-corrected chi connectivity index (χ4v) is 1.46. The molecule has 0 bridgehead atoms. The average Bonchev–Trinajstić information content (AvgIpc) is 2.15. The molecule has 0 saturated heterocycles. The minimum atomic E-state index is -1.09. The standard InChI is InChI=1S/C10H10ClF2NO2/c1-16-9(15)4-8(14)10-6(12)2-5(11)3-7(10)13/h2-3,8H,4,14H2,1H3/t8-/m0/s1. The first-order chi connectivity index (χ1) is 7.45. The molecule has 1 rings (SSSR count). The zero-order valence-corrected chi connectivity index (χ0v) is 9.22. The number of esters is 1. The molecule has 6 heteroatoms. The van der Waals surface area contributed by atoms with Crippen LogP contribution < -0.4 is 5.73 Å². The number of rotatable bonds is 3. The largest absolute Gasteiger partial charge is 0.469 e. The average molecular weight is 250 g/mol. The summed E-state index contributed by atoms with van der Waals surface area (Å²) in [5, 5.41) is -0.0657. The van der Waals surface area contributed by atoms with E-state index >= 15 is 0 Å². The number of carbonyl (C=O) groups excluding carboxylic acids is 1. The highest BCUT2D eigenvalue weighted by molar-refractivity contribution is 6.30. The van der Waals surface area contributed by atoms with Crippen molar-refractivity contribution in [1.29, 1.82) is 0 Å². The van der Waals surface area contributed by atoms with E-state index in [1.165, 1.54) is 7.11 Å². The van der Waals surface area contributed by atoms with Gasteiger partial charge in [-0.05, 0) is 12.1 Å². The lowest BCUT2D eigenvalue weighted by Gasteiger charge is -2.12. The molecule has 0 spiro atoms. The highest BCUT2D eigenvalue weighted by Gasteiger charge is 2.20. The quantitative estimate of drug-likeness (QED) is 0.836. The summed E-state index contributed by atoms with van der Waals surface area (Å²) in [6, 6.07) is 0.790. The first kappa shape index (κ1) is 12.9. The second kappa shape index (κ2) is 5.23. The van der Waals surface area contributed by atoms with E-state index in [-0.39, 0.29) is 17.0 Å². The molecule has 2 N–H and O–H groups in total. The zero-order valence-electron chi connectivity index (χ0n) is 8.47. The van der Waals surface area contributed by atoms with E-state index in [1.54, 1.807) is 0 Å². The summed E-state index contributed by atoms with van der Waals surface area (Å²) in [5.41, 5.74) is 5.13. The van der Waals surface area contributed by atoms with Gasteiger partial charge in [0.25, 0.3) is 0 Å². The van der Waals surface area contributed by atoms with Gasteiger partial charge in [0, 0.05) is 16.6 Å². The van der Waals surface area contributed by atoms with Crippen LogP contribution in [0, 0.1) is 11.6 Å². The molecule has 3 nitrogen and oxygen atoms in total. The molecule has 0 aliphatic heterocycles. The molecule has 0 radical (unpaired) electrons. The summed E-state index contributed by atoms with van der Waals surface area (Å²) in [7, 11) is 1.17. The van der Waals surface area contributed by atoms with Gasteiger partial charge in [-0.15, -0.1) is 0 Å². The fraction of sp³-hybridized carbons (Fsp3) is 0.300. The van der Waals surface area contributed by atoms with Crippen molar-refractivity contribution in [2.24, 2.45) is 5.73 Å². The highest BCUT2D eigenvalue weighted by Crippen LogP contribution is 2.25. The summed E-state index contributed by atoms with van der Waals surface area (Å²) in [6.45, 7) is 0. The summed E-state index contributed by atoms with van der Waals surface area (Å²) in [5.74, 6) is -2.39. The van der Waals surface area contributed by atoms with E-state index in [0.29, 0.717) is 0 Å². The lowest BCUT2D eigenvalue weighted by atomic mass is 10.0. The molecule has 1 aromatic carbocycles. The molecular formula is C10H10ClF2NO2. The van der Waals surface area contributed by atoms with Crippen LogP contribution in [0.1, 0.15) is 18.0 Å². The number of ether oxygens (including phenoxy) is 1. The molecule has 0 aromatic heterocycles. The van der Waals surface area contributed by atoms with Crippen LogP contribution in [0.5, 0.6) is 0 Å². The van der Waals surface area contributed by atoms with Crippen molar-refractivity contribution in [3.63, 3.8) is 0 Å². The minimum absolute atomic E-state index is 0.0657. The number of hydrogen-bond acceptors (Lipinski definition) is 3. The Morgan fingerprint density at radius 3 is 2.44 bits per heavy atom. The third kappa shape index (κ3) is 2.90. The Hall–Kier alpha value is -1.20. The maximum absolute atomic E-state index is 13.4. The van der Waals surface area contributed by atoms with E-state index in [4.69, 9.17) is 17.3 Å². The van der Waals surface area contributed by atoms with Crippen molar-refractivity contribution in [3.8, 4) is 0 Å². The fourth-order valence-electron chi connectivity index (χ4n) is 1.27. The van der Waals surface area contributed by atoms with E-state index in [0.717, 1.165) is 12.1 Å². The van der Waals surface area contributed by atoms with Gasteiger partial charge in [-0.1, -0.05) is 11.6 Å². The maximum atomic E-state index is 13.4. The summed E-state index contributed by atoms with van der Waals surface area (Å²) < 4.78 is 31.1. The van der Waals surface area contributed by atoms with Crippen LogP contribution in [0.2, 0.25) is 5.02 Å². The second-order valence-electron chi connectivity index (χ2n) is 3.17. The summed E-state index contributed by atoms with van der Waals surface area (Å²) in [6.07, 6.45) is -0.300. The van der Waals surface area contributed by atoms with Crippen molar-refractivity contribution in [2.75, 3.05) is 7.11 Å². The second-order valence-corrected chi connectivity index (χ2v) is 3.61. The van der Waals surface area contributed by atoms with Crippen LogP contribution in [0.25, 0.3) is 0 Å². The maximum Gasteiger partial charge on any atom is 0.307 e. The lowest BCUT2D eigenvalue weighted by Crippen LogP contribution is -2.19. The van der Waals surface area contributed by atoms with Gasteiger partial charge in [-0.25, -0.2) is 8.78 Å². The van der Waals surface area contributed by atoms with Gasteiger partial charge in [0.1, 0.15) is 11.6 Å². The number of hydrogen-bond donors (Lipinski definition) is 1. The van der Waals surface area contributed by atoms with E-state index < -0.39 is 23.6 Å². The van der Waals surface area contributed by atoms with Gasteiger partial charge in [0.15, 0.2) is 0 Å². The van der Waals surface area contributed by atoms with Crippen LogP contribution in [0.3, 0.4) is 0 Å². The molecule has 0 aliphatic rings. The summed E-state index contributed by atoms with van der Waals surface area (Å²) in [4.78, 5) is 10.9. The molecule has 0 unspecified atom stereocenters. The number of nitrogens with two attached hydrogens (primary N) is 1. The molecular weight excluding hydrogens is 240 g/mol. The molecule has 0 aliphatic carbocycles. The van der Waals surface area contributed by atoms with Crippen molar-refractivity contribution >= 4 is 17.6 Å². The molecule has 88 valence electrons. The van der Waals surface area contributed by atoms with Gasteiger partial charge < -0.3 is 10.5 Å². The molecule has 0 heterocycles. The SMILES string of the molecule is COC(=O)C[C@H](N)c1c(F)cc(Cl)cc1F. The number of carbonyl (C=O) groups is 1. The van der Waals surface area contributed by atoms with Crippen molar-refractivity contribution in [2.45, 2.75) is 12.5 Å². The van der Waals surface area contributed by atoms with Crippen LogP contribution in [0.4, 0.5) is 8.78 Å². The summed E-state index contributed by atoms with van der Waals surface area (Å²) >= 11 is 5.45. The first-order valence-electron chi connectivity index (χ1n) is 4.42. The van der Waals surface area contributed by atoms with Gasteiger partial charge in [0.05, 0.1) is 13.5 Å². The normalized spacial score (nSPS) is 12.3. The monoisotopic (exact) mass is 249 g/mol. The van der Waals surface area contributed by atoms with Crippen LogP contribution >= 0.6 is 11.6 Å². The third-order valence-electron chi connectivity index (χ3n) is 2.03. The number of benzene rings is 1. The molecule has 1 atom stereocenters. The highest BCUT2D eigenvalue weighted by atomic mass is 35.5. The van der Waals surface area contributed by atoms with Crippen molar-refractivity contribution < 1.29 is 18.3 Å². The van der Waals surface area contributed by atoms with Gasteiger partial charge in [-0.2, -0.15) is 0 Å². The smallest absolute Gasteiger partial charge is 0.307 e. The molecule has 0 saturated carbocycles. The van der Waals surface area contributed by atoms with Crippen LogP contribution in [-0.4, -0.2) is 13.1 Å². The minimum Gasteiger partial charge on any atom is -0.469 e. The molecule has 0 fully saturated rings. The van der Waals surface area contributed by atoms with E-state index in [9.17, 15) is 13.6 Å². The van der Waals surface area contributed by atoms with Crippen molar-refractivity contribution in [3.05, 3.63) is 34.4 Å². The van der Waals surface area contributed by atoms with E-state index in [2.05, 4.69) is 4.74 Å². The Morgan fingerprint density at radius 1 is 1.50 bits per heavy atom. The van der Waals surface area contributed by atoms with Gasteiger partial charge in [0.2, 0.25) is 0 Å². The van der Waals surface area contributed by atoms with Gasteiger partial charge in [-0.3, -0.25) is 4.79 Å². The van der Waals surface area contributed by atoms with Crippen LogP contribution in [0.15, 0.2) is 12.1 Å². The van der Waals surface area contributed by atoms with E-state index in [1.807, 2.05) is 0 Å². The molecule has 16 heavy (non-hydrogen) atoms.